The van der Waals surface area contributed by atoms with E-state index in [1.54, 1.807) is 4.52 Å². The molecule has 4 nitrogen and oxygen atoms in total. The molecule has 0 bridgehead atoms. The van der Waals surface area contributed by atoms with Crippen molar-refractivity contribution in [3.63, 3.8) is 0 Å². The van der Waals surface area contributed by atoms with Crippen molar-refractivity contribution >= 4 is 17.2 Å². The number of halogens is 1. The van der Waals surface area contributed by atoms with E-state index in [4.69, 9.17) is 11.6 Å². The van der Waals surface area contributed by atoms with Crippen LogP contribution in [-0.2, 0) is 0 Å². The lowest BCUT2D eigenvalue weighted by molar-refractivity contribution is 0.445. The molecule has 0 unspecified atom stereocenters. The summed E-state index contributed by atoms with van der Waals surface area (Å²) >= 11 is 6.06. The average molecular weight is 237 g/mol. The van der Waals surface area contributed by atoms with E-state index < -0.39 is 0 Å². The molecule has 3 heterocycles. The molecule has 84 valence electrons. The fourth-order valence-electron chi connectivity index (χ4n) is 2.14. The fourth-order valence-corrected chi connectivity index (χ4v) is 2.34. The molecular weight excluding hydrogens is 224 g/mol. The van der Waals surface area contributed by atoms with Gasteiger partial charge in [0.25, 0.3) is 0 Å². The molecule has 1 aliphatic rings. The van der Waals surface area contributed by atoms with Gasteiger partial charge in [0.05, 0.1) is 0 Å². The van der Waals surface area contributed by atoms with Crippen LogP contribution in [0, 0.1) is 0 Å². The topological polar surface area (TPSA) is 42.2 Å². The maximum atomic E-state index is 6.06. The highest BCUT2D eigenvalue weighted by atomic mass is 35.5. The van der Waals surface area contributed by atoms with Gasteiger partial charge in [-0.1, -0.05) is 17.7 Å². The molecule has 0 spiro atoms. The molecule has 1 saturated heterocycles. The predicted molar refractivity (Wildman–Crippen MR) is 62.8 cm³/mol. The van der Waals surface area contributed by atoms with Crippen molar-refractivity contribution in [1.29, 1.82) is 0 Å². The first-order valence-electron chi connectivity index (χ1n) is 5.56. The molecule has 16 heavy (non-hydrogen) atoms. The third-order valence-corrected chi connectivity index (χ3v) is 3.32. The molecule has 1 fully saturated rings. The van der Waals surface area contributed by atoms with Crippen molar-refractivity contribution in [2.45, 2.75) is 18.8 Å². The smallest absolute Gasteiger partial charge is 0.157 e. The molecule has 2 aromatic heterocycles. The number of pyridine rings is 1. The Hall–Kier alpha value is -1.13. The minimum atomic E-state index is 0.470. The van der Waals surface area contributed by atoms with Crippen molar-refractivity contribution in [3.8, 4) is 0 Å². The Balaban J connectivity index is 2.01. The van der Waals surface area contributed by atoms with E-state index in [9.17, 15) is 0 Å². The van der Waals surface area contributed by atoms with Crippen LogP contribution in [0.1, 0.15) is 24.6 Å². The number of hydrogen-bond donors (Lipinski definition) is 1. The van der Waals surface area contributed by atoms with E-state index in [0.717, 1.165) is 37.4 Å². The number of rotatable bonds is 1. The second-order valence-corrected chi connectivity index (χ2v) is 4.50. The first kappa shape index (κ1) is 10.1. The maximum Gasteiger partial charge on any atom is 0.157 e. The highest BCUT2D eigenvalue weighted by Crippen LogP contribution is 2.23. The van der Waals surface area contributed by atoms with Gasteiger partial charge in [0.1, 0.15) is 5.15 Å². The molecule has 1 aliphatic heterocycles. The average Bonchev–Trinajstić information content (AvgIpc) is 2.76. The Bertz CT molecular complexity index is 502. The third kappa shape index (κ3) is 1.68. The van der Waals surface area contributed by atoms with Crippen molar-refractivity contribution in [3.05, 3.63) is 29.2 Å². The summed E-state index contributed by atoms with van der Waals surface area (Å²) in [5.41, 5.74) is 0.834. The second-order valence-electron chi connectivity index (χ2n) is 4.11. The van der Waals surface area contributed by atoms with Crippen LogP contribution in [0.5, 0.6) is 0 Å². The summed E-state index contributed by atoms with van der Waals surface area (Å²) < 4.78 is 1.71. The van der Waals surface area contributed by atoms with Gasteiger partial charge in [0.15, 0.2) is 11.5 Å². The van der Waals surface area contributed by atoms with Crippen molar-refractivity contribution in [2.75, 3.05) is 13.1 Å². The highest BCUT2D eigenvalue weighted by molar-refractivity contribution is 6.29. The highest BCUT2D eigenvalue weighted by Gasteiger charge is 2.19. The van der Waals surface area contributed by atoms with Crippen LogP contribution in [-0.4, -0.2) is 27.7 Å². The largest absolute Gasteiger partial charge is 0.317 e. The van der Waals surface area contributed by atoms with E-state index in [-0.39, 0.29) is 0 Å². The van der Waals surface area contributed by atoms with E-state index >= 15 is 0 Å². The fraction of sp³-hybridized carbons (Fsp3) is 0.455. The van der Waals surface area contributed by atoms with Crippen LogP contribution < -0.4 is 5.32 Å². The van der Waals surface area contributed by atoms with Gasteiger partial charge in [-0.3, -0.25) is 0 Å². The zero-order valence-corrected chi connectivity index (χ0v) is 9.61. The van der Waals surface area contributed by atoms with Gasteiger partial charge in [-0.05, 0) is 38.1 Å². The Morgan fingerprint density at radius 1 is 1.31 bits per heavy atom. The van der Waals surface area contributed by atoms with Crippen molar-refractivity contribution < 1.29 is 0 Å². The molecule has 1 N–H and O–H groups in total. The SMILES string of the molecule is Clc1cccc2nc(C3CCNCC3)nn12. The van der Waals surface area contributed by atoms with Gasteiger partial charge >= 0.3 is 0 Å². The zero-order valence-electron chi connectivity index (χ0n) is 8.86. The van der Waals surface area contributed by atoms with E-state index in [2.05, 4.69) is 15.4 Å². The number of nitrogens with one attached hydrogen (secondary N) is 1. The summed E-state index contributed by atoms with van der Waals surface area (Å²) in [5, 5.41) is 8.44. The second kappa shape index (κ2) is 4.03. The molecule has 0 saturated carbocycles. The summed E-state index contributed by atoms with van der Waals surface area (Å²) in [5.74, 6) is 1.40. The van der Waals surface area contributed by atoms with Gasteiger partial charge in [-0.25, -0.2) is 9.50 Å². The van der Waals surface area contributed by atoms with E-state index in [0.29, 0.717) is 11.1 Å². The number of piperidine rings is 1. The quantitative estimate of drug-likeness (QED) is 0.769. The molecule has 2 aromatic rings. The third-order valence-electron chi connectivity index (χ3n) is 3.03. The molecule has 3 rings (SSSR count). The number of fused-ring (bicyclic) bond motifs is 1. The van der Waals surface area contributed by atoms with Crippen LogP contribution in [0.25, 0.3) is 5.65 Å². The monoisotopic (exact) mass is 236 g/mol. The van der Waals surface area contributed by atoms with Crippen molar-refractivity contribution in [1.82, 2.24) is 19.9 Å². The zero-order chi connectivity index (χ0) is 11.0. The lowest BCUT2D eigenvalue weighted by Gasteiger charge is -2.19. The predicted octanol–water partition coefficient (Wildman–Crippen LogP) is 1.85. The van der Waals surface area contributed by atoms with Crippen molar-refractivity contribution in [2.24, 2.45) is 0 Å². The standard InChI is InChI=1S/C11H13ClN4/c12-9-2-1-3-10-14-11(15-16(9)10)8-4-6-13-7-5-8/h1-3,8,13H,4-7H2. The Morgan fingerprint density at radius 2 is 2.12 bits per heavy atom. The summed E-state index contributed by atoms with van der Waals surface area (Å²) in [4.78, 5) is 4.54. The number of hydrogen-bond acceptors (Lipinski definition) is 3. The summed E-state index contributed by atoms with van der Waals surface area (Å²) in [6, 6.07) is 5.66. The molecule has 0 aliphatic carbocycles. The lowest BCUT2D eigenvalue weighted by Crippen LogP contribution is -2.27. The maximum absolute atomic E-state index is 6.06. The Kier molecular flexibility index (Phi) is 2.53. The van der Waals surface area contributed by atoms with Crippen LogP contribution in [0.3, 0.4) is 0 Å². The number of aromatic nitrogens is 3. The van der Waals surface area contributed by atoms with Gasteiger partial charge in [0.2, 0.25) is 0 Å². The first-order chi connectivity index (χ1) is 7.84. The molecule has 0 aromatic carbocycles. The van der Waals surface area contributed by atoms with Crippen LogP contribution in [0.4, 0.5) is 0 Å². The minimum absolute atomic E-state index is 0.470. The lowest BCUT2D eigenvalue weighted by atomic mass is 9.98. The summed E-state index contributed by atoms with van der Waals surface area (Å²) in [7, 11) is 0. The van der Waals surface area contributed by atoms with Crippen LogP contribution in [0.15, 0.2) is 18.2 Å². The van der Waals surface area contributed by atoms with E-state index in [1.807, 2.05) is 18.2 Å². The summed E-state index contributed by atoms with van der Waals surface area (Å²) in [6.45, 7) is 2.10. The summed E-state index contributed by atoms with van der Waals surface area (Å²) in [6.07, 6.45) is 2.21. The molecular formula is C11H13ClN4. The molecule has 5 heteroatoms. The molecule has 0 radical (unpaired) electrons. The molecule has 0 amide bonds. The minimum Gasteiger partial charge on any atom is -0.317 e. The molecule has 0 atom stereocenters. The van der Waals surface area contributed by atoms with Gasteiger partial charge in [0, 0.05) is 5.92 Å². The normalized spacial score (nSPS) is 18.1. The van der Waals surface area contributed by atoms with Gasteiger partial charge < -0.3 is 5.32 Å². The Morgan fingerprint density at radius 3 is 2.88 bits per heavy atom. The van der Waals surface area contributed by atoms with E-state index in [1.165, 1.54) is 0 Å². The van der Waals surface area contributed by atoms with Gasteiger partial charge in [-0.2, -0.15) is 0 Å². The van der Waals surface area contributed by atoms with Gasteiger partial charge in [-0.15, -0.1) is 5.10 Å². The first-order valence-corrected chi connectivity index (χ1v) is 5.94. The Labute approximate surface area is 98.6 Å². The van der Waals surface area contributed by atoms with Crippen LogP contribution in [0.2, 0.25) is 5.15 Å². The number of nitrogens with zero attached hydrogens (tertiary/aromatic N) is 3. The van der Waals surface area contributed by atoms with Crippen LogP contribution >= 0.6 is 11.6 Å².